The number of likely N-dealkylation sites (tertiary alicyclic amines) is 1. The second-order valence-electron chi connectivity index (χ2n) is 8.51. The molecule has 1 saturated carbocycles. The number of hydrogen-bond donors (Lipinski definition) is 0. The highest BCUT2D eigenvalue weighted by atomic mass is 79.9. The van der Waals surface area contributed by atoms with E-state index in [1.165, 1.54) is 12.8 Å². The Morgan fingerprint density at radius 2 is 1.88 bits per heavy atom. The Kier molecular flexibility index (Phi) is 3.57. The van der Waals surface area contributed by atoms with Gasteiger partial charge in [-0.25, -0.2) is 0 Å². The van der Waals surface area contributed by atoms with Crippen molar-refractivity contribution in [2.75, 3.05) is 18.0 Å². The molecule has 1 aliphatic carbocycles. The Morgan fingerprint density at radius 1 is 1.20 bits per heavy atom. The van der Waals surface area contributed by atoms with Crippen LogP contribution in [0.4, 0.5) is 5.69 Å². The van der Waals surface area contributed by atoms with E-state index in [0.29, 0.717) is 24.3 Å². The molecular weight excluding hydrogens is 382 g/mol. The molecule has 3 aliphatic heterocycles. The molecule has 6 heteroatoms. The first-order chi connectivity index (χ1) is 11.9. The number of halogens is 1. The lowest BCUT2D eigenvalue weighted by molar-refractivity contribution is -0.123. The van der Waals surface area contributed by atoms with Crippen LogP contribution >= 0.6 is 15.9 Å². The summed E-state index contributed by atoms with van der Waals surface area (Å²) < 4.78 is 6.89. The normalized spacial score (nSPS) is 36.4. The molecule has 1 amide bonds. The molecule has 2 bridgehead atoms. The number of fused-ring (bicyclic) bond motifs is 3. The van der Waals surface area contributed by atoms with Crippen LogP contribution in [-0.2, 0) is 14.9 Å². The standard InChI is InChI=1S/C19H24BrN3O2/c1-19(2)17-16(5-11(20)8-21-17)23(18(19)24)13-6-12(7-13)22-9-14-3-4-15(10-22)25-14/h5,8,12-15H,3-4,6-7,9-10H2,1-2H3. The van der Waals surface area contributed by atoms with Gasteiger partial charge in [-0.2, -0.15) is 0 Å². The first kappa shape index (κ1) is 16.2. The van der Waals surface area contributed by atoms with Crippen molar-refractivity contribution in [3.63, 3.8) is 0 Å². The second-order valence-corrected chi connectivity index (χ2v) is 9.43. The quantitative estimate of drug-likeness (QED) is 0.758. The second kappa shape index (κ2) is 5.51. The van der Waals surface area contributed by atoms with E-state index in [4.69, 9.17) is 4.74 Å². The fraction of sp³-hybridized carbons (Fsp3) is 0.684. The van der Waals surface area contributed by atoms with Crippen LogP contribution < -0.4 is 4.90 Å². The molecule has 0 N–H and O–H groups in total. The third-order valence-electron chi connectivity index (χ3n) is 6.48. The van der Waals surface area contributed by atoms with E-state index in [2.05, 4.69) is 31.9 Å². The Labute approximate surface area is 156 Å². The van der Waals surface area contributed by atoms with Gasteiger partial charge in [0.1, 0.15) is 0 Å². The molecule has 3 fully saturated rings. The van der Waals surface area contributed by atoms with Crippen LogP contribution in [-0.4, -0.2) is 53.2 Å². The number of rotatable bonds is 2. The van der Waals surface area contributed by atoms with E-state index in [1.807, 2.05) is 18.7 Å². The van der Waals surface area contributed by atoms with Gasteiger partial charge in [0, 0.05) is 35.8 Å². The number of hydrogen-bond acceptors (Lipinski definition) is 4. The molecule has 25 heavy (non-hydrogen) atoms. The highest BCUT2D eigenvalue weighted by molar-refractivity contribution is 9.10. The number of morpholine rings is 1. The predicted molar refractivity (Wildman–Crippen MR) is 98.7 cm³/mol. The lowest BCUT2D eigenvalue weighted by Gasteiger charge is -2.48. The van der Waals surface area contributed by atoms with Gasteiger partial charge in [0.05, 0.1) is 29.0 Å². The highest BCUT2D eigenvalue weighted by Crippen LogP contribution is 2.46. The average molecular weight is 406 g/mol. The van der Waals surface area contributed by atoms with Crippen molar-refractivity contribution >= 4 is 27.5 Å². The predicted octanol–water partition coefficient (Wildman–Crippen LogP) is 2.86. The van der Waals surface area contributed by atoms with Gasteiger partial charge in [0.2, 0.25) is 5.91 Å². The number of carbonyl (C=O) groups is 1. The number of pyridine rings is 1. The molecule has 4 heterocycles. The van der Waals surface area contributed by atoms with Gasteiger partial charge in [-0.1, -0.05) is 0 Å². The summed E-state index contributed by atoms with van der Waals surface area (Å²) in [4.78, 5) is 22.2. The SMILES string of the molecule is CC1(C)C(=O)N(C2CC(N3CC4CCC(C3)O4)C2)c2cc(Br)cnc21. The zero-order valence-electron chi connectivity index (χ0n) is 14.7. The van der Waals surface area contributed by atoms with Crippen LogP contribution in [0.15, 0.2) is 16.7 Å². The molecule has 134 valence electrons. The first-order valence-electron chi connectivity index (χ1n) is 9.32. The number of nitrogens with zero attached hydrogens (tertiary/aromatic N) is 3. The molecule has 1 aromatic rings. The summed E-state index contributed by atoms with van der Waals surface area (Å²) in [5.74, 6) is 0.193. The minimum Gasteiger partial charge on any atom is -0.372 e. The molecule has 5 rings (SSSR count). The van der Waals surface area contributed by atoms with E-state index in [1.54, 1.807) is 6.20 Å². The number of ether oxygens (including phenoxy) is 1. The number of aromatic nitrogens is 1. The summed E-state index contributed by atoms with van der Waals surface area (Å²) in [5.41, 5.74) is 1.38. The maximum absolute atomic E-state index is 13.1. The molecule has 2 unspecified atom stereocenters. The van der Waals surface area contributed by atoms with E-state index in [0.717, 1.165) is 41.8 Å². The van der Waals surface area contributed by atoms with Crippen molar-refractivity contribution < 1.29 is 9.53 Å². The van der Waals surface area contributed by atoms with Crippen molar-refractivity contribution in [3.8, 4) is 0 Å². The zero-order valence-corrected chi connectivity index (χ0v) is 16.3. The van der Waals surface area contributed by atoms with Gasteiger partial charge in [0.15, 0.2) is 0 Å². The van der Waals surface area contributed by atoms with E-state index in [9.17, 15) is 4.79 Å². The van der Waals surface area contributed by atoms with Crippen LogP contribution in [0.25, 0.3) is 0 Å². The van der Waals surface area contributed by atoms with Gasteiger partial charge >= 0.3 is 0 Å². The van der Waals surface area contributed by atoms with Crippen LogP contribution in [0.2, 0.25) is 0 Å². The highest BCUT2D eigenvalue weighted by Gasteiger charge is 2.51. The Hall–Kier alpha value is -0.980. The largest absolute Gasteiger partial charge is 0.372 e. The smallest absolute Gasteiger partial charge is 0.239 e. The number of amides is 1. The molecule has 4 aliphatic rings. The topological polar surface area (TPSA) is 45.7 Å². The van der Waals surface area contributed by atoms with Gasteiger partial charge in [-0.15, -0.1) is 0 Å². The van der Waals surface area contributed by atoms with Crippen molar-refractivity contribution in [2.45, 2.75) is 69.2 Å². The molecule has 0 radical (unpaired) electrons. The molecule has 2 saturated heterocycles. The summed E-state index contributed by atoms with van der Waals surface area (Å²) in [7, 11) is 0. The summed E-state index contributed by atoms with van der Waals surface area (Å²) in [6, 6.07) is 2.95. The van der Waals surface area contributed by atoms with Gasteiger partial charge < -0.3 is 9.64 Å². The molecule has 0 aromatic carbocycles. The third-order valence-corrected chi connectivity index (χ3v) is 6.91. The fourth-order valence-corrected chi connectivity index (χ4v) is 5.30. The lowest BCUT2D eigenvalue weighted by Crippen LogP contribution is -2.59. The zero-order chi connectivity index (χ0) is 17.3. The van der Waals surface area contributed by atoms with Crippen LogP contribution in [0.3, 0.4) is 0 Å². The van der Waals surface area contributed by atoms with Crippen LogP contribution in [0.1, 0.15) is 45.2 Å². The maximum Gasteiger partial charge on any atom is 0.239 e. The minimum atomic E-state index is -0.529. The van der Waals surface area contributed by atoms with Crippen molar-refractivity contribution in [2.24, 2.45) is 0 Å². The van der Waals surface area contributed by atoms with Crippen LogP contribution in [0.5, 0.6) is 0 Å². The van der Waals surface area contributed by atoms with Gasteiger partial charge in [0.25, 0.3) is 0 Å². The summed E-state index contributed by atoms with van der Waals surface area (Å²) >= 11 is 3.51. The van der Waals surface area contributed by atoms with E-state index >= 15 is 0 Å². The Morgan fingerprint density at radius 3 is 2.56 bits per heavy atom. The van der Waals surface area contributed by atoms with Gasteiger partial charge in [-0.05, 0) is 61.5 Å². The van der Waals surface area contributed by atoms with Crippen molar-refractivity contribution in [1.82, 2.24) is 9.88 Å². The molecular formula is C19H24BrN3O2. The third kappa shape index (κ3) is 2.41. The maximum atomic E-state index is 13.1. The monoisotopic (exact) mass is 405 g/mol. The minimum absolute atomic E-state index is 0.193. The van der Waals surface area contributed by atoms with Crippen molar-refractivity contribution in [1.29, 1.82) is 0 Å². The number of anilines is 1. The van der Waals surface area contributed by atoms with Gasteiger partial charge in [-0.3, -0.25) is 14.7 Å². The van der Waals surface area contributed by atoms with E-state index < -0.39 is 5.41 Å². The van der Waals surface area contributed by atoms with Crippen LogP contribution in [0, 0.1) is 0 Å². The summed E-state index contributed by atoms with van der Waals surface area (Å²) in [5, 5.41) is 0. The molecule has 1 aromatic heterocycles. The van der Waals surface area contributed by atoms with Crippen molar-refractivity contribution in [3.05, 3.63) is 22.4 Å². The molecule has 5 nitrogen and oxygen atoms in total. The Bertz CT molecular complexity index is 719. The Balaban J connectivity index is 1.34. The van der Waals surface area contributed by atoms with E-state index in [-0.39, 0.29) is 5.91 Å². The fourth-order valence-electron chi connectivity index (χ4n) is 4.98. The summed E-state index contributed by atoms with van der Waals surface area (Å²) in [6.07, 6.45) is 7.22. The molecule has 2 atom stereocenters. The lowest BCUT2D eigenvalue weighted by atomic mass is 9.83. The molecule has 0 spiro atoms. The average Bonchev–Trinajstić information content (AvgIpc) is 2.95. The summed E-state index contributed by atoms with van der Waals surface area (Å²) in [6.45, 7) is 6.11. The first-order valence-corrected chi connectivity index (χ1v) is 10.1. The number of carbonyl (C=O) groups excluding carboxylic acids is 1.